The van der Waals surface area contributed by atoms with Crippen LogP contribution in [0.2, 0.25) is 0 Å². The lowest BCUT2D eigenvalue weighted by molar-refractivity contribution is 0.270. The van der Waals surface area contributed by atoms with Gasteiger partial charge in [0.15, 0.2) is 0 Å². The van der Waals surface area contributed by atoms with Gasteiger partial charge in [-0.2, -0.15) is 3.71 Å². The quantitative estimate of drug-likeness (QED) is 0.744. The van der Waals surface area contributed by atoms with Gasteiger partial charge in [0, 0.05) is 0 Å². The number of carbonyl (C=O) groups is 1. The maximum Gasteiger partial charge on any atom is 0.280 e. The molecule has 1 rings (SSSR count). The molecular formula is C11H15FN2O5S3. The Labute approximate surface area is 134 Å². The van der Waals surface area contributed by atoms with E-state index in [2.05, 4.69) is 12.6 Å². The van der Waals surface area contributed by atoms with Gasteiger partial charge >= 0.3 is 0 Å². The zero-order chi connectivity index (χ0) is 17.1. The smallest absolute Gasteiger partial charge is 0.280 e. The van der Waals surface area contributed by atoms with Crippen molar-refractivity contribution < 1.29 is 26.0 Å². The predicted molar refractivity (Wildman–Crippen MR) is 85.8 cm³/mol. The van der Waals surface area contributed by atoms with E-state index < -0.39 is 42.6 Å². The average Bonchev–Trinajstić information content (AvgIpc) is 2.41. The number of halogens is 1. The fourth-order valence-corrected chi connectivity index (χ4v) is 5.04. The molecule has 22 heavy (non-hydrogen) atoms. The van der Waals surface area contributed by atoms with E-state index in [0.717, 1.165) is 18.2 Å². The van der Waals surface area contributed by atoms with Crippen molar-refractivity contribution >= 4 is 49.3 Å². The second kappa shape index (κ2) is 6.84. The second-order valence-corrected chi connectivity index (χ2v) is 8.94. The van der Waals surface area contributed by atoms with Gasteiger partial charge in [0.2, 0.25) is 20.0 Å². The summed E-state index contributed by atoms with van der Waals surface area (Å²) >= 11 is 3.43. The number of hydrogen-bond donors (Lipinski definition) is 2. The highest BCUT2D eigenvalue weighted by molar-refractivity contribution is 8.10. The highest BCUT2D eigenvalue weighted by Crippen LogP contribution is 2.28. The van der Waals surface area contributed by atoms with Gasteiger partial charge in [-0.1, -0.05) is 12.6 Å². The van der Waals surface area contributed by atoms with Crippen molar-refractivity contribution in [3.8, 4) is 0 Å². The maximum atomic E-state index is 13.6. The van der Waals surface area contributed by atoms with E-state index in [9.17, 15) is 26.0 Å². The van der Waals surface area contributed by atoms with Gasteiger partial charge in [0.25, 0.3) is 5.24 Å². The summed E-state index contributed by atoms with van der Waals surface area (Å²) in [6.45, 7) is 2.57. The van der Waals surface area contributed by atoms with Crippen LogP contribution in [0.25, 0.3) is 0 Å². The van der Waals surface area contributed by atoms with Crippen LogP contribution < -0.4 is 9.03 Å². The van der Waals surface area contributed by atoms with E-state index in [-0.39, 0.29) is 15.1 Å². The molecule has 1 amide bonds. The van der Waals surface area contributed by atoms with E-state index in [0.29, 0.717) is 0 Å². The molecule has 0 bridgehead atoms. The third kappa shape index (κ3) is 4.11. The Morgan fingerprint density at radius 1 is 1.18 bits per heavy atom. The third-order valence-corrected chi connectivity index (χ3v) is 7.00. The van der Waals surface area contributed by atoms with E-state index in [1.807, 2.05) is 5.32 Å². The summed E-state index contributed by atoms with van der Waals surface area (Å²) in [5.41, 5.74) is -0.665. The van der Waals surface area contributed by atoms with Gasteiger partial charge in [-0.25, -0.2) is 21.2 Å². The molecule has 0 atom stereocenters. The van der Waals surface area contributed by atoms with Crippen LogP contribution in [0.4, 0.5) is 20.6 Å². The first-order valence-electron chi connectivity index (χ1n) is 6.10. The summed E-state index contributed by atoms with van der Waals surface area (Å²) in [6, 6.07) is 2.78. The molecule has 0 aliphatic heterocycles. The SMILES string of the molecule is CCS(=O)(=O)N(c1ccc(F)c(NC(=O)S)c1)S(=O)(=O)CC. The highest BCUT2D eigenvalue weighted by Gasteiger charge is 2.32. The molecule has 0 heterocycles. The Kier molecular flexibility index (Phi) is 5.82. The zero-order valence-corrected chi connectivity index (χ0v) is 14.3. The first-order valence-corrected chi connectivity index (χ1v) is 9.77. The summed E-state index contributed by atoms with van der Waals surface area (Å²) in [5.74, 6) is -1.77. The van der Waals surface area contributed by atoms with Gasteiger partial charge in [-0.05, 0) is 32.0 Å². The molecular weight excluding hydrogens is 355 g/mol. The molecule has 1 N–H and O–H groups in total. The van der Waals surface area contributed by atoms with Crippen LogP contribution in [0.5, 0.6) is 0 Å². The molecule has 7 nitrogen and oxygen atoms in total. The Balaban J connectivity index is 3.55. The number of carbonyl (C=O) groups excluding carboxylic acids is 1. The molecule has 0 aliphatic carbocycles. The summed E-state index contributed by atoms with van der Waals surface area (Å²) in [6.07, 6.45) is 0. The minimum Gasteiger partial charge on any atom is -0.314 e. The molecule has 0 saturated heterocycles. The minimum atomic E-state index is -4.15. The number of nitrogens with zero attached hydrogens (tertiary/aromatic N) is 1. The number of sulfonamides is 2. The number of amides is 1. The molecule has 0 fully saturated rings. The van der Waals surface area contributed by atoms with Crippen molar-refractivity contribution in [1.29, 1.82) is 0 Å². The minimum absolute atomic E-state index is 0.244. The Hall–Kier alpha value is -1.33. The van der Waals surface area contributed by atoms with Crippen molar-refractivity contribution in [1.82, 2.24) is 0 Å². The molecule has 0 aromatic heterocycles. The van der Waals surface area contributed by atoms with Crippen LogP contribution in [0.15, 0.2) is 18.2 Å². The van der Waals surface area contributed by atoms with Crippen LogP contribution in [-0.2, 0) is 20.0 Å². The predicted octanol–water partition coefficient (Wildman–Crippen LogP) is 1.79. The Morgan fingerprint density at radius 3 is 2.09 bits per heavy atom. The fourth-order valence-electron chi connectivity index (χ4n) is 1.57. The van der Waals surface area contributed by atoms with Gasteiger partial charge in [0.05, 0.1) is 22.9 Å². The van der Waals surface area contributed by atoms with E-state index in [1.54, 1.807) is 0 Å². The van der Waals surface area contributed by atoms with Crippen LogP contribution in [0.1, 0.15) is 13.8 Å². The second-order valence-electron chi connectivity index (χ2n) is 4.09. The standard InChI is InChI=1S/C11H15FN2O5S3/c1-3-21(16,17)14(22(18,19)4-2)8-5-6-9(12)10(7-8)13-11(15)20/h5-7H,3-4H2,1-2H3,(H2,13,15,20). The Bertz CT molecular complexity index is 743. The van der Waals surface area contributed by atoms with Crippen molar-refractivity contribution in [2.75, 3.05) is 20.5 Å². The summed E-state index contributed by atoms with van der Waals surface area (Å²) in [7, 11) is -8.30. The molecule has 0 saturated carbocycles. The van der Waals surface area contributed by atoms with E-state index >= 15 is 0 Å². The van der Waals surface area contributed by atoms with Gasteiger partial charge in [-0.3, -0.25) is 4.79 Å². The normalized spacial score (nSPS) is 12.0. The van der Waals surface area contributed by atoms with Crippen LogP contribution in [0, 0.1) is 5.82 Å². The van der Waals surface area contributed by atoms with Gasteiger partial charge in [-0.15, -0.1) is 0 Å². The Morgan fingerprint density at radius 2 is 1.68 bits per heavy atom. The van der Waals surface area contributed by atoms with Crippen LogP contribution in [-0.4, -0.2) is 33.6 Å². The van der Waals surface area contributed by atoms with Gasteiger partial charge in [0.1, 0.15) is 5.82 Å². The lowest BCUT2D eigenvalue weighted by Gasteiger charge is -2.23. The molecule has 124 valence electrons. The third-order valence-electron chi connectivity index (χ3n) is 2.64. The fraction of sp³-hybridized carbons (Fsp3) is 0.364. The molecule has 0 radical (unpaired) electrons. The molecule has 1 aromatic carbocycles. The summed E-state index contributed by atoms with van der Waals surface area (Å²) in [4.78, 5) is 10.9. The van der Waals surface area contributed by atoms with Crippen molar-refractivity contribution in [3.05, 3.63) is 24.0 Å². The zero-order valence-electron chi connectivity index (χ0n) is 11.8. The summed E-state index contributed by atoms with van der Waals surface area (Å²) < 4.78 is 62.1. The molecule has 11 heteroatoms. The van der Waals surface area contributed by atoms with Crippen molar-refractivity contribution in [2.45, 2.75) is 13.8 Å². The monoisotopic (exact) mass is 370 g/mol. The lowest BCUT2D eigenvalue weighted by Crippen LogP contribution is -2.39. The average molecular weight is 370 g/mol. The van der Waals surface area contributed by atoms with E-state index in [4.69, 9.17) is 0 Å². The topological polar surface area (TPSA) is 101 Å². The van der Waals surface area contributed by atoms with Crippen molar-refractivity contribution in [2.24, 2.45) is 0 Å². The van der Waals surface area contributed by atoms with E-state index in [1.165, 1.54) is 13.8 Å². The number of benzene rings is 1. The van der Waals surface area contributed by atoms with Crippen LogP contribution >= 0.6 is 12.6 Å². The number of hydrogen-bond acceptors (Lipinski definition) is 5. The molecule has 0 aliphatic rings. The van der Waals surface area contributed by atoms with Crippen LogP contribution in [0.3, 0.4) is 0 Å². The van der Waals surface area contributed by atoms with Crippen molar-refractivity contribution in [3.63, 3.8) is 0 Å². The first kappa shape index (κ1) is 18.7. The molecule has 0 spiro atoms. The number of anilines is 2. The lowest BCUT2D eigenvalue weighted by atomic mass is 10.3. The number of thiol groups is 1. The highest BCUT2D eigenvalue weighted by atomic mass is 32.3. The van der Waals surface area contributed by atoms with Gasteiger partial charge < -0.3 is 5.32 Å². The molecule has 0 unspecified atom stereocenters. The molecule has 1 aromatic rings. The maximum absolute atomic E-state index is 13.6. The summed E-state index contributed by atoms with van der Waals surface area (Å²) in [5, 5.41) is 1.17. The first-order chi connectivity index (χ1) is 10.0. The largest absolute Gasteiger partial charge is 0.314 e. The number of nitrogens with one attached hydrogen (secondary N) is 1. The number of rotatable bonds is 6.